The topological polar surface area (TPSA) is 77.8 Å². The van der Waals surface area contributed by atoms with Crippen LogP contribution < -0.4 is 5.73 Å². The van der Waals surface area contributed by atoms with Crippen LogP contribution in [0.4, 0.5) is 5.69 Å². The van der Waals surface area contributed by atoms with E-state index < -0.39 is 0 Å². The maximum Gasteiger partial charge on any atom is 0.260 e. The van der Waals surface area contributed by atoms with Crippen LogP contribution in [0.25, 0.3) is 23.0 Å². The van der Waals surface area contributed by atoms with Gasteiger partial charge < -0.3 is 10.3 Å². The van der Waals surface area contributed by atoms with Gasteiger partial charge in [-0.2, -0.15) is 4.98 Å². The van der Waals surface area contributed by atoms with Crippen molar-refractivity contribution in [1.29, 1.82) is 0 Å². The fourth-order valence-electron chi connectivity index (χ4n) is 1.66. The van der Waals surface area contributed by atoms with Crippen LogP contribution in [0.3, 0.4) is 0 Å². The fraction of sp³-hybridized carbons (Fsp3) is 0. The molecule has 5 nitrogen and oxygen atoms in total. The van der Waals surface area contributed by atoms with E-state index in [1.54, 1.807) is 6.20 Å². The monoisotopic (exact) mass is 442 g/mol. The molecule has 0 saturated carbocycles. The summed E-state index contributed by atoms with van der Waals surface area (Å²) in [6.07, 6.45) is 1.69. The van der Waals surface area contributed by atoms with Crippen LogP contribution in [-0.2, 0) is 0 Å². The molecule has 0 fully saturated rings. The zero-order valence-electron chi connectivity index (χ0n) is 10.0. The van der Waals surface area contributed by atoms with Crippen LogP contribution in [-0.4, -0.2) is 15.1 Å². The summed E-state index contributed by atoms with van der Waals surface area (Å²) < 4.78 is 7.22. The second kappa shape index (κ2) is 5.49. The number of nitrogens with zero attached hydrogens (tertiary/aromatic N) is 3. The van der Waals surface area contributed by atoms with E-state index >= 15 is 0 Å². The van der Waals surface area contributed by atoms with Gasteiger partial charge in [-0.1, -0.05) is 5.16 Å². The molecule has 0 bridgehead atoms. The lowest BCUT2D eigenvalue weighted by molar-refractivity contribution is 0.432. The molecule has 1 aromatic carbocycles. The number of hydrogen-bond donors (Lipinski definition) is 1. The quantitative estimate of drug-likeness (QED) is 0.483. The molecule has 0 aliphatic rings. The maximum atomic E-state index is 5.94. The first-order chi connectivity index (χ1) is 9.63. The van der Waals surface area contributed by atoms with Crippen LogP contribution in [0.15, 0.2) is 45.5 Å². The summed E-state index contributed by atoms with van der Waals surface area (Å²) in [7, 11) is 0. The van der Waals surface area contributed by atoms with E-state index in [-0.39, 0.29) is 0 Å². The van der Waals surface area contributed by atoms with E-state index in [1.165, 1.54) is 0 Å². The van der Waals surface area contributed by atoms with E-state index in [1.807, 2.05) is 30.3 Å². The van der Waals surface area contributed by atoms with Crippen LogP contribution in [0.1, 0.15) is 0 Å². The first-order valence-corrected chi connectivity index (χ1v) is 7.52. The zero-order chi connectivity index (χ0) is 14.1. The molecule has 0 saturated heterocycles. The molecule has 0 amide bonds. The molecule has 0 aliphatic carbocycles. The van der Waals surface area contributed by atoms with E-state index in [9.17, 15) is 0 Å². The molecule has 0 atom stereocenters. The lowest BCUT2D eigenvalue weighted by Crippen LogP contribution is -1.91. The standard InChI is InChI=1S/C13H8BrIN4O/c14-7-1-4-11(17-6-7)12-18-13(20-19-12)9-5-8(15)2-3-10(9)16/h1-6H,16H2. The molecule has 2 N–H and O–H groups in total. The van der Waals surface area contributed by atoms with Gasteiger partial charge in [0.05, 0.1) is 5.56 Å². The Kier molecular flexibility index (Phi) is 3.70. The van der Waals surface area contributed by atoms with E-state index in [2.05, 4.69) is 53.6 Å². The average Bonchev–Trinajstić information content (AvgIpc) is 2.92. The Morgan fingerprint density at radius 3 is 2.80 bits per heavy atom. The third-order valence-electron chi connectivity index (χ3n) is 2.63. The van der Waals surface area contributed by atoms with Crippen LogP contribution in [0, 0.1) is 3.57 Å². The summed E-state index contributed by atoms with van der Waals surface area (Å²) in [4.78, 5) is 8.57. The first kappa shape index (κ1) is 13.5. The van der Waals surface area contributed by atoms with E-state index in [0.717, 1.165) is 13.6 Å². The first-order valence-electron chi connectivity index (χ1n) is 5.64. The SMILES string of the molecule is Nc1ccc(I)cc1-c1nc(-c2ccc(Br)cn2)no1. The van der Waals surface area contributed by atoms with Gasteiger partial charge in [0.25, 0.3) is 5.89 Å². The Labute approximate surface area is 136 Å². The summed E-state index contributed by atoms with van der Waals surface area (Å²) in [5, 5.41) is 3.94. The molecule has 0 spiro atoms. The fourth-order valence-corrected chi connectivity index (χ4v) is 2.38. The summed E-state index contributed by atoms with van der Waals surface area (Å²) in [6.45, 7) is 0. The second-order valence-electron chi connectivity index (χ2n) is 4.02. The molecule has 2 aromatic heterocycles. The predicted molar refractivity (Wildman–Crippen MR) is 87.8 cm³/mol. The largest absolute Gasteiger partial charge is 0.398 e. The molecule has 20 heavy (non-hydrogen) atoms. The lowest BCUT2D eigenvalue weighted by atomic mass is 10.2. The highest BCUT2D eigenvalue weighted by atomic mass is 127. The minimum Gasteiger partial charge on any atom is -0.398 e. The van der Waals surface area contributed by atoms with Gasteiger partial charge >= 0.3 is 0 Å². The number of pyridine rings is 1. The highest BCUT2D eigenvalue weighted by molar-refractivity contribution is 14.1. The highest BCUT2D eigenvalue weighted by Gasteiger charge is 2.14. The Hall–Kier alpha value is -1.48. The van der Waals surface area contributed by atoms with Crippen LogP contribution >= 0.6 is 38.5 Å². The van der Waals surface area contributed by atoms with Crippen molar-refractivity contribution < 1.29 is 4.52 Å². The van der Waals surface area contributed by atoms with Gasteiger partial charge in [-0.3, -0.25) is 4.98 Å². The number of halogens is 2. The van der Waals surface area contributed by atoms with Crippen molar-refractivity contribution in [3.05, 3.63) is 44.6 Å². The normalized spacial score (nSPS) is 10.7. The van der Waals surface area contributed by atoms with Crippen molar-refractivity contribution >= 4 is 44.2 Å². The Morgan fingerprint density at radius 1 is 1.20 bits per heavy atom. The summed E-state index contributed by atoms with van der Waals surface area (Å²) >= 11 is 5.54. The minimum atomic E-state index is 0.390. The summed E-state index contributed by atoms with van der Waals surface area (Å²) in [5.74, 6) is 0.825. The summed E-state index contributed by atoms with van der Waals surface area (Å²) in [5.41, 5.74) is 7.91. The molecule has 7 heteroatoms. The van der Waals surface area contributed by atoms with Gasteiger partial charge in [-0.15, -0.1) is 0 Å². The van der Waals surface area contributed by atoms with Gasteiger partial charge in [0.1, 0.15) is 5.69 Å². The number of benzene rings is 1. The van der Waals surface area contributed by atoms with Gasteiger partial charge in [0, 0.05) is 19.9 Å². The number of nitrogen functional groups attached to an aromatic ring is 1. The van der Waals surface area contributed by atoms with E-state index in [4.69, 9.17) is 10.3 Å². The predicted octanol–water partition coefficient (Wildman–Crippen LogP) is 3.75. The Morgan fingerprint density at radius 2 is 2.05 bits per heavy atom. The molecule has 0 radical (unpaired) electrons. The third-order valence-corrected chi connectivity index (χ3v) is 3.77. The van der Waals surface area contributed by atoms with Gasteiger partial charge in [-0.05, 0) is 68.9 Å². The van der Waals surface area contributed by atoms with Crippen molar-refractivity contribution in [3.8, 4) is 23.0 Å². The Balaban J connectivity index is 2.01. The van der Waals surface area contributed by atoms with Gasteiger partial charge in [0.2, 0.25) is 5.82 Å². The summed E-state index contributed by atoms with van der Waals surface area (Å²) in [6, 6.07) is 9.34. The molecular weight excluding hydrogens is 435 g/mol. The van der Waals surface area contributed by atoms with Crippen molar-refractivity contribution in [2.24, 2.45) is 0 Å². The number of nitrogens with two attached hydrogens (primary N) is 1. The second-order valence-corrected chi connectivity index (χ2v) is 6.18. The third kappa shape index (κ3) is 2.68. The number of rotatable bonds is 2. The number of anilines is 1. The molecule has 100 valence electrons. The van der Waals surface area contributed by atoms with Crippen LogP contribution in [0.2, 0.25) is 0 Å². The smallest absolute Gasteiger partial charge is 0.260 e. The maximum absolute atomic E-state index is 5.94. The molecule has 3 aromatic rings. The van der Waals surface area contributed by atoms with Crippen molar-refractivity contribution in [2.75, 3.05) is 5.73 Å². The minimum absolute atomic E-state index is 0.390. The number of hydrogen-bond acceptors (Lipinski definition) is 5. The van der Waals surface area contributed by atoms with Gasteiger partial charge in [0.15, 0.2) is 0 Å². The van der Waals surface area contributed by atoms with E-state index in [0.29, 0.717) is 23.1 Å². The number of aromatic nitrogens is 3. The molecule has 0 aliphatic heterocycles. The molecule has 2 heterocycles. The molecule has 3 rings (SSSR count). The molecule has 0 unspecified atom stereocenters. The lowest BCUT2D eigenvalue weighted by Gasteiger charge is -2.00. The van der Waals surface area contributed by atoms with Crippen LogP contribution in [0.5, 0.6) is 0 Å². The van der Waals surface area contributed by atoms with Crippen molar-refractivity contribution in [2.45, 2.75) is 0 Å². The van der Waals surface area contributed by atoms with Crippen molar-refractivity contribution in [3.63, 3.8) is 0 Å². The zero-order valence-corrected chi connectivity index (χ0v) is 13.8. The van der Waals surface area contributed by atoms with Gasteiger partial charge in [-0.25, -0.2) is 0 Å². The highest BCUT2D eigenvalue weighted by Crippen LogP contribution is 2.28. The molecular formula is C13H8BrIN4O. The van der Waals surface area contributed by atoms with Crippen molar-refractivity contribution in [1.82, 2.24) is 15.1 Å². The Bertz CT molecular complexity index is 757. The average molecular weight is 443 g/mol.